The second-order valence-electron chi connectivity index (χ2n) is 6.39. The summed E-state index contributed by atoms with van der Waals surface area (Å²) in [4.78, 5) is 3.65. The lowest BCUT2D eigenvalue weighted by molar-refractivity contribution is 0.318. The Hall–Kier alpha value is -1.69. The Balaban J connectivity index is 1.79. The summed E-state index contributed by atoms with van der Waals surface area (Å²) in [5, 5.41) is 0. The van der Waals surface area contributed by atoms with E-state index in [2.05, 4.69) is 53.6 Å². The lowest BCUT2D eigenvalue weighted by Crippen LogP contribution is -2.28. The maximum absolute atomic E-state index is 6.44. The second kappa shape index (κ2) is 8.13. The lowest BCUT2D eigenvalue weighted by atomic mass is 9.95. The van der Waals surface area contributed by atoms with E-state index in [1.165, 1.54) is 16.0 Å². The van der Waals surface area contributed by atoms with Crippen LogP contribution in [0.1, 0.15) is 17.0 Å². The van der Waals surface area contributed by atoms with E-state index in [1.807, 2.05) is 0 Å². The second-order valence-corrected chi connectivity index (χ2v) is 7.24. The smallest absolute Gasteiger partial charge is 0.161 e. The fraction of sp³-hybridized carbons (Fsp3) is 0.400. The predicted molar refractivity (Wildman–Crippen MR) is 104 cm³/mol. The number of rotatable bonds is 6. The van der Waals surface area contributed by atoms with Crippen molar-refractivity contribution in [2.24, 2.45) is 5.73 Å². The normalized spacial score (nSPS) is 20.6. The standard InChI is InChI=1S/C20H26N2O2S/c1-23-18-9-15(20(25-3)10-19(18)24-2)11-22-12-16(17(21)13-22)14-7-5-4-6-8-14/h4-10,16-17H,11-13,21H2,1-3H3/t16-,17+/m0/s1. The lowest BCUT2D eigenvalue weighted by Gasteiger charge is -2.19. The molecule has 1 aliphatic rings. The number of likely N-dealkylation sites (tertiary alicyclic amines) is 1. The van der Waals surface area contributed by atoms with Crippen LogP contribution in [0.25, 0.3) is 0 Å². The minimum atomic E-state index is 0.167. The Morgan fingerprint density at radius 2 is 1.76 bits per heavy atom. The highest BCUT2D eigenvalue weighted by molar-refractivity contribution is 7.98. The maximum Gasteiger partial charge on any atom is 0.161 e. The Kier molecular flexibility index (Phi) is 5.89. The summed E-state index contributed by atoms with van der Waals surface area (Å²) < 4.78 is 10.9. The molecular weight excluding hydrogens is 332 g/mol. The van der Waals surface area contributed by atoms with E-state index >= 15 is 0 Å². The molecule has 0 spiro atoms. The van der Waals surface area contributed by atoms with Crippen LogP contribution < -0.4 is 15.2 Å². The molecule has 3 rings (SSSR count). The molecule has 0 aliphatic carbocycles. The average Bonchev–Trinajstić information content (AvgIpc) is 3.02. The molecule has 1 saturated heterocycles. The molecule has 0 saturated carbocycles. The molecule has 2 atom stereocenters. The topological polar surface area (TPSA) is 47.7 Å². The summed E-state index contributed by atoms with van der Waals surface area (Å²) in [6.07, 6.45) is 2.09. The largest absolute Gasteiger partial charge is 0.493 e. The van der Waals surface area contributed by atoms with Crippen molar-refractivity contribution in [3.05, 3.63) is 53.6 Å². The van der Waals surface area contributed by atoms with Crippen LogP contribution in [0.15, 0.2) is 47.4 Å². The van der Waals surface area contributed by atoms with Gasteiger partial charge < -0.3 is 15.2 Å². The summed E-state index contributed by atoms with van der Waals surface area (Å²) in [6.45, 7) is 2.75. The third-order valence-electron chi connectivity index (χ3n) is 4.85. The van der Waals surface area contributed by atoms with Crippen molar-refractivity contribution < 1.29 is 9.47 Å². The molecule has 4 nitrogen and oxygen atoms in total. The van der Waals surface area contributed by atoms with E-state index < -0.39 is 0 Å². The molecule has 2 N–H and O–H groups in total. The fourth-order valence-electron chi connectivity index (χ4n) is 3.55. The molecule has 25 heavy (non-hydrogen) atoms. The number of nitrogens with zero attached hydrogens (tertiary/aromatic N) is 1. The third-order valence-corrected chi connectivity index (χ3v) is 5.67. The Labute approximate surface area is 154 Å². The molecule has 0 aromatic heterocycles. The monoisotopic (exact) mass is 358 g/mol. The van der Waals surface area contributed by atoms with Crippen LogP contribution in [0.3, 0.4) is 0 Å². The number of hydrogen-bond acceptors (Lipinski definition) is 5. The number of thioether (sulfide) groups is 1. The van der Waals surface area contributed by atoms with Gasteiger partial charge in [0.25, 0.3) is 0 Å². The quantitative estimate of drug-likeness (QED) is 0.803. The van der Waals surface area contributed by atoms with E-state index in [-0.39, 0.29) is 6.04 Å². The molecule has 1 aliphatic heterocycles. The van der Waals surface area contributed by atoms with Crippen molar-refractivity contribution in [3.63, 3.8) is 0 Å². The molecule has 1 fully saturated rings. The molecule has 2 aromatic rings. The van der Waals surface area contributed by atoms with Crippen LogP contribution >= 0.6 is 11.8 Å². The summed E-state index contributed by atoms with van der Waals surface area (Å²) in [5.74, 6) is 1.94. The zero-order chi connectivity index (χ0) is 17.8. The molecule has 1 heterocycles. The van der Waals surface area contributed by atoms with Crippen molar-refractivity contribution in [2.45, 2.75) is 23.4 Å². The van der Waals surface area contributed by atoms with Crippen molar-refractivity contribution in [2.75, 3.05) is 33.6 Å². The number of benzene rings is 2. The van der Waals surface area contributed by atoms with Gasteiger partial charge in [-0.05, 0) is 29.5 Å². The number of ether oxygens (including phenoxy) is 2. The Morgan fingerprint density at radius 1 is 1.08 bits per heavy atom. The van der Waals surface area contributed by atoms with Gasteiger partial charge in [0.2, 0.25) is 0 Å². The first kappa shape index (κ1) is 18.1. The van der Waals surface area contributed by atoms with Crippen LogP contribution in [0.4, 0.5) is 0 Å². The molecule has 5 heteroatoms. The first-order valence-electron chi connectivity index (χ1n) is 8.48. The van der Waals surface area contributed by atoms with Gasteiger partial charge in [-0.25, -0.2) is 0 Å². The van der Waals surface area contributed by atoms with Gasteiger partial charge in [0, 0.05) is 36.5 Å². The van der Waals surface area contributed by atoms with E-state index in [0.717, 1.165) is 31.1 Å². The summed E-state index contributed by atoms with van der Waals surface area (Å²) in [6, 6.07) is 14.9. The fourth-order valence-corrected chi connectivity index (χ4v) is 4.16. The van der Waals surface area contributed by atoms with Gasteiger partial charge in [-0.3, -0.25) is 4.90 Å². The van der Waals surface area contributed by atoms with Crippen molar-refractivity contribution in [1.29, 1.82) is 0 Å². The number of nitrogens with two attached hydrogens (primary N) is 1. The molecule has 134 valence electrons. The van der Waals surface area contributed by atoms with E-state index in [0.29, 0.717) is 5.92 Å². The van der Waals surface area contributed by atoms with Gasteiger partial charge in [0.05, 0.1) is 14.2 Å². The van der Waals surface area contributed by atoms with Gasteiger partial charge >= 0.3 is 0 Å². The van der Waals surface area contributed by atoms with E-state index in [4.69, 9.17) is 15.2 Å². The summed E-state index contributed by atoms with van der Waals surface area (Å²) in [7, 11) is 3.35. The maximum atomic E-state index is 6.44. The minimum absolute atomic E-state index is 0.167. The number of methoxy groups -OCH3 is 2. The Morgan fingerprint density at radius 3 is 2.40 bits per heavy atom. The van der Waals surface area contributed by atoms with Crippen molar-refractivity contribution in [3.8, 4) is 11.5 Å². The highest BCUT2D eigenvalue weighted by Gasteiger charge is 2.31. The molecule has 0 amide bonds. The average molecular weight is 359 g/mol. The summed E-state index contributed by atoms with van der Waals surface area (Å²) in [5.41, 5.74) is 9.02. The van der Waals surface area contributed by atoms with Crippen LogP contribution in [0.5, 0.6) is 11.5 Å². The zero-order valence-electron chi connectivity index (χ0n) is 15.1. The zero-order valence-corrected chi connectivity index (χ0v) is 15.9. The van der Waals surface area contributed by atoms with Crippen molar-refractivity contribution in [1.82, 2.24) is 4.90 Å². The van der Waals surface area contributed by atoms with Gasteiger partial charge in [0.15, 0.2) is 11.5 Å². The van der Waals surface area contributed by atoms with E-state index in [9.17, 15) is 0 Å². The molecule has 0 bridgehead atoms. The van der Waals surface area contributed by atoms with E-state index in [1.54, 1.807) is 26.0 Å². The van der Waals surface area contributed by atoms with Gasteiger partial charge in [0.1, 0.15) is 0 Å². The molecule has 2 aromatic carbocycles. The van der Waals surface area contributed by atoms with Crippen LogP contribution in [0.2, 0.25) is 0 Å². The molecule has 0 unspecified atom stereocenters. The molecule has 0 radical (unpaired) electrons. The van der Waals surface area contributed by atoms with Gasteiger partial charge in [-0.15, -0.1) is 11.8 Å². The van der Waals surface area contributed by atoms with Crippen molar-refractivity contribution >= 4 is 11.8 Å². The van der Waals surface area contributed by atoms with Gasteiger partial charge in [-0.2, -0.15) is 0 Å². The molecular formula is C20H26N2O2S. The first-order valence-corrected chi connectivity index (χ1v) is 9.70. The third kappa shape index (κ3) is 3.94. The first-order chi connectivity index (χ1) is 12.2. The summed E-state index contributed by atoms with van der Waals surface area (Å²) >= 11 is 1.73. The van der Waals surface area contributed by atoms with Crippen LogP contribution in [0, 0.1) is 0 Å². The predicted octanol–water partition coefficient (Wildman–Crippen LogP) is 3.35. The minimum Gasteiger partial charge on any atom is -0.493 e. The number of hydrogen-bond donors (Lipinski definition) is 1. The van der Waals surface area contributed by atoms with Crippen LogP contribution in [-0.2, 0) is 6.54 Å². The highest BCUT2D eigenvalue weighted by atomic mass is 32.2. The van der Waals surface area contributed by atoms with Crippen LogP contribution in [-0.4, -0.2) is 44.5 Å². The highest BCUT2D eigenvalue weighted by Crippen LogP contribution is 2.36. The SMILES string of the molecule is COc1cc(CN2C[C@@H](N)[C@H](c3ccccc3)C2)c(SC)cc1OC. The van der Waals surface area contributed by atoms with Gasteiger partial charge in [-0.1, -0.05) is 30.3 Å². The Bertz CT molecular complexity index is 708.